The van der Waals surface area contributed by atoms with Crippen molar-refractivity contribution in [1.29, 1.82) is 0 Å². The molecule has 3 aromatic carbocycles. The van der Waals surface area contributed by atoms with Crippen molar-refractivity contribution < 1.29 is 28.2 Å². The fraction of sp³-hybridized carbons (Fsp3) is 0.241. The molecule has 0 aliphatic carbocycles. The summed E-state index contributed by atoms with van der Waals surface area (Å²) in [5.41, 5.74) is 1.68. The summed E-state index contributed by atoms with van der Waals surface area (Å²) in [5.74, 6) is 2.47. The van der Waals surface area contributed by atoms with E-state index in [4.69, 9.17) is 23.4 Å². The van der Waals surface area contributed by atoms with Crippen LogP contribution in [0.2, 0.25) is 0 Å². The van der Waals surface area contributed by atoms with E-state index < -0.39 is 5.91 Å². The molecule has 0 saturated heterocycles. The molecule has 0 aliphatic rings. The number of methoxy groups -OCH3 is 2. The van der Waals surface area contributed by atoms with Crippen LogP contribution in [0.4, 0.5) is 5.69 Å². The summed E-state index contributed by atoms with van der Waals surface area (Å²) in [5, 5.41) is 3.09. The molecule has 0 spiro atoms. The van der Waals surface area contributed by atoms with E-state index in [1.165, 1.54) is 19.8 Å². The molecule has 0 unspecified atom stereocenters. The zero-order valence-corrected chi connectivity index (χ0v) is 21.4. The molecule has 1 amide bonds. The first kappa shape index (κ1) is 25.6. The fourth-order valence-corrected chi connectivity index (χ4v) is 3.76. The summed E-state index contributed by atoms with van der Waals surface area (Å²) in [7, 11) is 3.05. The molecule has 0 atom stereocenters. The highest BCUT2D eigenvalue weighted by Gasteiger charge is 2.16. The first-order chi connectivity index (χ1) is 17.8. The normalized spacial score (nSPS) is 10.9. The Morgan fingerprint density at radius 3 is 2.30 bits per heavy atom. The van der Waals surface area contributed by atoms with E-state index in [1.807, 2.05) is 24.3 Å². The summed E-state index contributed by atoms with van der Waals surface area (Å²) < 4.78 is 27.9. The zero-order valence-electron chi connectivity index (χ0n) is 21.4. The van der Waals surface area contributed by atoms with Crippen LogP contribution in [0.25, 0.3) is 11.0 Å². The average Bonchev–Trinajstić information content (AvgIpc) is 2.89. The second kappa shape index (κ2) is 11.1. The van der Waals surface area contributed by atoms with Gasteiger partial charge in [0.2, 0.25) is 11.2 Å². The Morgan fingerprint density at radius 1 is 0.919 bits per heavy atom. The van der Waals surface area contributed by atoms with Gasteiger partial charge in [0.25, 0.3) is 5.91 Å². The van der Waals surface area contributed by atoms with Gasteiger partial charge in [-0.3, -0.25) is 9.59 Å². The molecule has 0 aliphatic heterocycles. The maximum Gasteiger partial charge on any atom is 0.262 e. The van der Waals surface area contributed by atoms with Gasteiger partial charge in [0.1, 0.15) is 34.3 Å². The van der Waals surface area contributed by atoms with E-state index in [0.717, 1.165) is 0 Å². The predicted octanol–water partition coefficient (Wildman–Crippen LogP) is 6.05. The van der Waals surface area contributed by atoms with Gasteiger partial charge in [-0.2, -0.15) is 0 Å². The minimum Gasteiger partial charge on any atom is -0.497 e. The van der Waals surface area contributed by atoms with Crippen LogP contribution >= 0.6 is 0 Å². The molecule has 4 rings (SSSR count). The van der Waals surface area contributed by atoms with Crippen molar-refractivity contribution in [2.75, 3.05) is 26.1 Å². The van der Waals surface area contributed by atoms with Gasteiger partial charge >= 0.3 is 0 Å². The van der Waals surface area contributed by atoms with Gasteiger partial charge in [0.15, 0.2) is 6.61 Å². The average molecular weight is 504 g/mol. The molecule has 0 fully saturated rings. The third kappa shape index (κ3) is 5.86. The highest BCUT2D eigenvalue weighted by molar-refractivity contribution is 5.93. The smallest absolute Gasteiger partial charge is 0.262 e. The number of fused-ring (bicyclic) bond motifs is 1. The van der Waals surface area contributed by atoms with Crippen molar-refractivity contribution >= 4 is 22.6 Å². The lowest BCUT2D eigenvalue weighted by molar-refractivity contribution is -0.118. The zero-order chi connectivity index (χ0) is 26.5. The minimum absolute atomic E-state index is 0.130. The number of anilines is 1. The molecule has 0 saturated carbocycles. The number of ether oxygens (including phenoxy) is 4. The molecule has 8 heteroatoms. The van der Waals surface area contributed by atoms with Crippen molar-refractivity contribution in [3.63, 3.8) is 0 Å². The van der Waals surface area contributed by atoms with Crippen LogP contribution in [0.15, 0.2) is 69.9 Å². The number of benzene rings is 3. The van der Waals surface area contributed by atoms with Gasteiger partial charge in [-0.25, -0.2) is 0 Å². The summed E-state index contributed by atoms with van der Waals surface area (Å²) in [4.78, 5) is 25.6. The van der Waals surface area contributed by atoms with Crippen molar-refractivity contribution in [1.82, 2.24) is 0 Å². The van der Waals surface area contributed by atoms with Gasteiger partial charge in [0.05, 0.1) is 25.3 Å². The van der Waals surface area contributed by atoms with Gasteiger partial charge < -0.3 is 28.7 Å². The number of nitrogens with one attached hydrogen (secondary N) is 1. The Hall–Kier alpha value is -4.46. The third-order valence-electron chi connectivity index (χ3n) is 5.80. The van der Waals surface area contributed by atoms with Crippen molar-refractivity contribution in [2.45, 2.75) is 26.7 Å². The van der Waals surface area contributed by atoms with Crippen LogP contribution in [0, 0.1) is 6.92 Å². The van der Waals surface area contributed by atoms with Gasteiger partial charge in [-0.15, -0.1) is 0 Å². The number of hydrogen-bond donors (Lipinski definition) is 1. The molecule has 0 bridgehead atoms. The molecular weight excluding hydrogens is 474 g/mol. The topological polar surface area (TPSA) is 96.2 Å². The fourth-order valence-electron chi connectivity index (χ4n) is 3.76. The van der Waals surface area contributed by atoms with E-state index >= 15 is 0 Å². The van der Waals surface area contributed by atoms with Gasteiger partial charge in [-0.1, -0.05) is 26.0 Å². The monoisotopic (exact) mass is 503 g/mol. The van der Waals surface area contributed by atoms with Crippen molar-refractivity contribution in [3.8, 4) is 28.7 Å². The maximum atomic E-state index is 13.1. The van der Waals surface area contributed by atoms with Crippen molar-refractivity contribution in [2.24, 2.45) is 0 Å². The Kier molecular flexibility index (Phi) is 7.67. The molecule has 4 aromatic rings. The SMILES string of the molecule is COc1ccc(OC)c(NC(=O)COc2ccc3c(=O)c(Oc4ccc(C(C)C)cc4)c(C)oc3c2)c1. The number of hydrogen-bond acceptors (Lipinski definition) is 7. The molecule has 1 aromatic heterocycles. The number of amides is 1. The Balaban J connectivity index is 1.48. The van der Waals surface area contributed by atoms with E-state index in [2.05, 4.69) is 19.2 Å². The Labute approximate surface area is 214 Å². The first-order valence-corrected chi connectivity index (χ1v) is 11.8. The summed E-state index contributed by atoms with van der Waals surface area (Å²) in [6.07, 6.45) is 0. The Bertz CT molecular complexity index is 1470. The van der Waals surface area contributed by atoms with Gasteiger partial charge in [-0.05, 0) is 54.8 Å². The Morgan fingerprint density at radius 2 is 1.62 bits per heavy atom. The van der Waals surface area contributed by atoms with E-state index in [-0.39, 0.29) is 17.8 Å². The van der Waals surface area contributed by atoms with Crippen LogP contribution in [-0.2, 0) is 4.79 Å². The predicted molar refractivity (Wildman–Crippen MR) is 141 cm³/mol. The number of rotatable bonds is 9. The molecule has 0 radical (unpaired) electrons. The van der Waals surface area contributed by atoms with Crippen LogP contribution in [0.3, 0.4) is 0 Å². The number of carbonyl (C=O) groups excluding carboxylic acids is 1. The second-order valence-electron chi connectivity index (χ2n) is 8.70. The standard InChI is InChI=1S/C29H29NO7/c1-17(2)19-6-8-20(9-7-19)37-29-18(3)36-26-15-22(10-12-23(26)28(29)32)35-16-27(31)30-24-14-21(33-4)11-13-25(24)34-5/h6-15,17H,16H2,1-5H3,(H,30,31). The molecule has 1 heterocycles. The van der Waals surface area contributed by atoms with E-state index in [9.17, 15) is 9.59 Å². The minimum atomic E-state index is -0.392. The maximum absolute atomic E-state index is 13.1. The second-order valence-corrected chi connectivity index (χ2v) is 8.70. The van der Waals surface area contributed by atoms with Crippen LogP contribution < -0.4 is 29.7 Å². The lowest BCUT2D eigenvalue weighted by atomic mass is 10.0. The van der Waals surface area contributed by atoms with E-state index in [1.54, 1.807) is 43.3 Å². The molecule has 37 heavy (non-hydrogen) atoms. The lowest BCUT2D eigenvalue weighted by Gasteiger charge is -2.13. The van der Waals surface area contributed by atoms with E-state index in [0.29, 0.717) is 51.3 Å². The lowest BCUT2D eigenvalue weighted by Crippen LogP contribution is -2.20. The third-order valence-corrected chi connectivity index (χ3v) is 5.80. The largest absolute Gasteiger partial charge is 0.497 e. The molecule has 8 nitrogen and oxygen atoms in total. The molecular formula is C29H29NO7. The quantitative estimate of drug-likeness (QED) is 0.297. The molecule has 1 N–H and O–H groups in total. The van der Waals surface area contributed by atoms with Crippen LogP contribution in [0.5, 0.6) is 28.7 Å². The number of aryl methyl sites for hydroxylation is 1. The van der Waals surface area contributed by atoms with Gasteiger partial charge in [0, 0.05) is 12.1 Å². The summed E-state index contributed by atoms with van der Waals surface area (Å²) >= 11 is 0. The van der Waals surface area contributed by atoms with Crippen LogP contribution in [0.1, 0.15) is 31.1 Å². The van der Waals surface area contributed by atoms with Crippen molar-refractivity contribution in [3.05, 3.63) is 82.2 Å². The summed E-state index contributed by atoms with van der Waals surface area (Å²) in [6.45, 7) is 5.63. The highest BCUT2D eigenvalue weighted by Crippen LogP contribution is 2.30. The van der Waals surface area contributed by atoms with Crippen LogP contribution in [-0.4, -0.2) is 26.7 Å². The summed E-state index contributed by atoms with van der Waals surface area (Å²) in [6, 6.07) is 17.5. The molecule has 192 valence electrons. The highest BCUT2D eigenvalue weighted by atomic mass is 16.5. The first-order valence-electron chi connectivity index (χ1n) is 11.8. The number of carbonyl (C=O) groups is 1.